The first-order valence-electron chi connectivity index (χ1n) is 7.23. The number of unbranched alkanes of at least 4 members (excludes halogenated alkanes) is 1. The smallest absolute Gasteiger partial charge is 0.303 e. The molecule has 0 aromatic carbocycles. The summed E-state index contributed by atoms with van der Waals surface area (Å²) in [4.78, 5) is 10.4. The number of rotatable bonds is 8. The summed E-state index contributed by atoms with van der Waals surface area (Å²) >= 11 is 2.17. The Balaban J connectivity index is 1.72. The predicted molar refractivity (Wildman–Crippen MR) is 78.5 cm³/mol. The van der Waals surface area contributed by atoms with E-state index < -0.39 is 5.97 Å². The zero-order valence-corrected chi connectivity index (χ0v) is 12.4. The maximum absolute atomic E-state index is 10.4. The fourth-order valence-corrected chi connectivity index (χ4v) is 5.35. The van der Waals surface area contributed by atoms with Gasteiger partial charge in [-0.3, -0.25) is 4.79 Å². The topological polar surface area (TPSA) is 46.5 Å². The van der Waals surface area contributed by atoms with Crippen molar-refractivity contribution in [1.82, 2.24) is 0 Å². The highest BCUT2D eigenvalue weighted by atomic mass is 32.2. The maximum atomic E-state index is 10.4. The minimum Gasteiger partial charge on any atom is -0.481 e. The minimum absolute atomic E-state index is 0.278. The Morgan fingerprint density at radius 3 is 2.74 bits per heavy atom. The summed E-state index contributed by atoms with van der Waals surface area (Å²) < 4.78 is 5.38. The molecule has 2 aliphatic heterocycles. The number of allylic oxidation sites excluding steroid dienone is 2. The van der Waals surface area contributed by atoms with Crippen LogP contribution in [0.15, 0.2) is 12.2 Å². The molecule has 0 radical (unpaired) electrons. The minimum atomic E-state index is -0.696. The number of carbonyl (C=O) groups is 1. The molecule has 0 aromatic heterocycles. The van der Waals surface area contributed by atoms with Crippen LogP contribution in [0.4, 0.5) is 0 Å². The molecule has 19 heavy (non-hydrogen) atoms. The standard InChI is InChI=1S/C15H24O3S/c1-18-10-12-11(13-8-9-14(12)19-13)6-4-2-3-5-7-15(16)17/h2,4,11-14H,3,5-10H2,1H3,(H,16,17)/t11-,12+,13-,14+/m0/s1. The molecular weight excluding hydrogens is 260 g/mol. The van der Waals surface area contributed by atoms with Crippen LogP contribution in [0.5, 0.6) is 0 Å². The van der Waals surface area contributed by atoms with Crippen molar-refractivity contribution in [3.63, 3.8) is 0 Å². The van der Waals surface area contributed by atoms with Gasteiger partial charge in [0.2, 0.25) is 0 Å². The molecule has 0 spiro atoms. The summed E-state index contributed by atoms with van der Waals surface area (Å²) in [5.41, 5.74) is 0. The van der Waals surface area contributed by atoms with Gasteiger partial charge in [-0.05, 0) is 43.9 Å². The first kappa shape index (κ1) is 14.9. The molecule has 1 N–H and O–H groups in total. The van der Waals surface area contributed by atoms with Gasteiger partial charge in [-0.1, -0.05) is 12.2 Å². The molecule has 3 nitrogen and oxygen atoms in total. The van der Waals surface area contributed by atoms with E-state index in [0.29, 0.717) is 0 Å². The summed E-state index contributed by atoms with van der Waals surface area (Å²) in [5.74, 6) is 0.787. The average Bonchev–Trinajstić information content (AvgIpc) is 2.95. The molecule has 2 bridgehead atoms. The summed E-state index contributed by atoms with van der Waals surface area (Å²) in [6.07, 6.45) is 10.2. The Hall–Kier alpha value is -0.480. The van der Waals surface area contributed by atoms with Crippen LogP contribution in [0.3, 0.4) is 0 Å². The Morgan fingerprint density at radius 2 is 2.05 bits per heavy atom. The number of carboxylic acid groups (broad SMARTS) is 1. The van der Waals surface area contributed by atoms with Gasteiger partial charge < -0.3 is 9.84 Å². The van der Waals surface area contributed by atoms with Crippen molar-refractivity contribution >= 4 is 17.7 Å². The number of methoxy groups -OCH3 is 1. The summed E-state index contributed by atoms with van der Waals surface area (Å²) in [6.45, 7) is 0.895. The van der Waals surface area contributed by atoms with Crippen molar-refractivity contribution in [3.05, 3.63) is 12.2 Å². The lowest BCUT2D eigenvalue weighted by atomic mass is 9.78. The monoisotopic (exact) mass is 284 g/mol. The Bertz CT molecular complexity index is 329. The van der Waals surface area contributed by atoms with Gasteiger partial charge in [0.1, 0.15) is 0 Å². The van der Waals surface area contributed by atoms with Gasteiger partial charge in [0, 0.05) is 24.0 Å². The lowest BCUT2D eigenvalue weighted by Gasteiger charge is -2.28. The molecule has 0 aromatic rings. The number of aliphatic carboxylic acids is 1. The third kappa shape index (κ3) is 3.99. The van der Waals surface area contributed by atoms with E-state index in [4.69, 9.17) is 9.84 Å². The lowest BCUT2D eigenvalue weighted by molar-refractivity contribution is -0.137. The van der Waals surface area contributed by atoms with Crippen molar-refractivity contribution in [2.45, 2.75) is 49.0 Å². The molecule has 4 atom stereocenters. The first-order chi connectivity index (χ1) is 9.22. The number of fused-ring (bicyclic) bond motifs is 2. The van der Waals surface area contributed by atoms with Crippen LogP contribution < -0.4 is 0 Å². The van der Waals surface area contributed by atoms with Crippen molar-refractivity contribution in [3.8, 4) is 0 Å². The average molecular weight is 284 g/mol. The quantitative estimate of drug-likeness (QED) is 0.548. The van der Waals surface area contributed by atoms with E-state index in [1.165, 1.54) is 12.8 Å². The fourth-order valence-electron chi connectivity index (χ4n) is 3.36. The number of hydrogen-bond donors (Lipinski definition) is 1. The van der Waals surface area contributed by atoms with Crippen LogP contribution in [0, 0.1) is 11.8 Å². The van der Waals surface area contributed by atoms with Crippen LogP contribution >= 0.6 is 11.8 Å². The van der Waals surface area contributed by atoms with Gasteiger partial charge in [0.15, 0.2) is 0 Å². The fraction of sp³-hybridized carbons (Fsp3) is 0.800. The van der Waals surface area contributed by atoms with Crippen LogP contribution in [0.1, 0.15) is 38.5 Å². The first-order valence-corrected chi connectivity index (χ1v) is 8.18. The maximum Gasteiger partial charge on any atom is 0.303 e. The molecule has 2 rings (SSSR count). The van der Waals surface area contributed by atoms with E-state index in [-0.39, 0.29) is 6.42 Å². The number of carboxylic acids is 1. The molecule has 2 fully saturated rings. The summed E-state index contributed by atoms with van der Waals surface area (Å²) in [6, 6.07) is 0. The molecule has 2 aliphatic rings. The summed E-state index contributed by atoms with van der Waals surface area (Å²) in [7, 11) is 1.80. The zero-order chi connectivity index (χ0) is 13.7. The van der Waals surface area contributed by atoms with E-state index in [0.717, 1.165) is 48.2 Å². The molecular formula is C15H24O3S. The van der Waals surface area contributed by atoms with Crippen LogP contribution in [-0.2, 0) is 9.53 Å². The molecule has 108 valence electrons. The van der Waals surface area contributed by atoms with Crippen molar-refractivity contribution in [2.24, 2.45) is 11.8 Å². The second-order valence-corrected chi connectivity index (χ2v) is 7.05. The third-order valence-corrected chi connectivity index (χ3v) is 6.16. The van der Waals surface area contributed by atoms with Crippen LogP contribution in [0.2, 0.25) is 0 Å². The normalized spacial score (nSPS) is 33.3. The second-order valence-electron chi connectivity index (χ2n) is 5.57. The van der Waals surface area contributed by atoms with E-state index in [1.54, 1.807) is 7.11 Å². The highest BCUT2D eigenvalue weighted by molar-refractivity contribution is 8.01. The van der Waals surface area contributed by atoms with E-state index in [9.17, 15) is 4.79 Å². The van der Waals surface area contributed by atoms with Gasteiger partial charge in [-0.25, -0.2) is 0 Å². The molecule has 2 saturated heterocycles. The van der Waals surface area contributed by atoms with Gasteiger partial charge in [0.05, 0.1) is 6.61 Å². The van der Waals surface area contributed by atoms with Crippen molar-refractivity contribution in [1.29, 1.82) is 0 Å². The SMILES string of the molecule is COC[C@@H]1[C@H](CC=CCCCC(=O)O)[C@@H]2CC[C@H]1S2. The molecule has 4 heteroatoms. The highest BCUT2D eigenvalue weighted by Crippen LogP contribution is 2.54. The van der Waals surface area contributed by atoms with E-state index in [2.05, 4.69) is 23.9 Å². The third-order valence-electron chi connectivity index (χ3n) is 4.29. The van der Waals surface area contributed by atoms with E-state index in [1.807, 2.05) is 0 Å². The molecule has 0 amide bonds. The predicted octanol–water partition coefficient (Wildman–Crippen LogP) is 3.34. The van der Waals surface area contributed by atoms with E-state index >= 15 is 0 Å². The number of thioether (sulfide) groups is 1. The second kappa shape index (κ2) is 7.34. The van der Waals surface area contributed by atoms with Crippen LogP contribution in [0.25, 0.3) is 0 Å². The molecule has 0 saturated carbocycles. The lowest BCUT2D eigenvalue weighted by Crippen LogP contribution is -2.30. The van der Waals surface area contributed by atoms with Gasteiger partial charge in [0.25, 0.3) is 0 Å². The van der Waals surface area contributed by atoms with Gasteiger partial charge in [-0.2, -0.15) is 11.8 Å². The Labute approximate surface area is 119 Å². The molecule has 0 unspecified atom stereocenters. The van der Waals surface area contributed by atoms with Gasteiger partial charge in [-0.15, -0.1) is 0 Å². The highest BCUT2D eigenvalue weighted by Gasteiger charge is 2.47. The zero-order valence-electron chi connectivity index (χ0n) is 11.6. The molecule has 2 heterocycles. The Morgan fingerprint density at radius 1 is 1.32 bits per heavy atom. The van der Waals surface area contributed by atoms with Gasteiger partial charge >= 0.3 is 5.97 Å². The number of ether oxygens (including phenoxy) is 1. The Kier molecular flexibility index (Phi) is 5.76. The largest absolute Gasteiger partial charge is 0.481 e. The molecule has 0 aliphatic carbocycles. The number of hydrogen-bond acceptors (Lipinski definition) is 3. The summed E-state index contributed by atoms with van der Waals surface area (Å²) in [5, 5.41) is 10.2. The van der Waals surface area contributed by atoms with Crippen molar-refractivity contribution < 1.29 is 14.6 Å². The van der Waals surface area contributed by atoms with Crippen LogP contribution in [-0.4, -0.2) is 35.3 Å². The van der Waals surface area contributed by atoms with Crippen molar-refractivity contribution in [2.75, 3.05) is 13.7 Å².